The number of hydrogen-bond acceptors (Lipinski definition) is 3. The monoisotopic (exact) mass is 268 g/mol. The van der Waals surface area contributed by atoms with Gasteiger partial charge >= 0.3 is 5.97 Å². The van der Waals surface area contributed by atoms with Gasteiger partial charge in [-0.3, -0.25) is 4.79 Å². The van der Waals surface area contributed by atoms with Crippen molar-refractivity contribution in [3.8, 4) is 0 Å². The second-order valence-electron chi connectivity index (χ2n) is 4.55. The first-order valence-electron chi connectivity index (χ1n) is 6.43. The SMILES string of the molecule is COC(=O)c1ccc(C=CCC2=CC=CC(=O)C2)cc1. The van der Waals surface area contributed by atoms with Crippen LogP contribution in [0.3, 0.4) is 0 Å². The molecular weight excluding hydrogens is 252 g/mol. The van der Waals surface area contributed by atoms with Gasteiger partial charge in [-0.25, -0.2) is 4.79 Å². The zero-order chi connectivity index (χ0) is 14.4. The zero-order valence-electron chi connectivity index (χ0n) is 11.3. The van der Waals surface area contributed by atoms with E-state index in [9.17, 15) is 9.59 Å². The molecule has 0 radical (unpaired) electrons. The summed E-state index contributed by atoms with van der Waals surface area (Å²) in [7, 11) is 1.36. The van der Waals surface area contributed by atoms with Crippen molar-refractivity contribution in [1.82, 2.24) is 0 Å². The van der Waals surface area contributed by atoms with Gasteiger partial charge in [0.05, 0.1) is 12.7 Å². The van der Waals surface area contributed by atoms with E-state index in [-0.39, 0.29) is 11.8 Å². The van der Waals surface area contributed by atoms with E-state index in [0.29, 0.717) is 12.0 Å². The summed E-state index contributed by atoms with van der Waals surface area (Å²) in [5.41, 5.74) is 2.66. The first-order valence-corrected chi connectivity index (χ1v) is 6.43. The lowest BCUT2D eigenvalue weighted by molar-refractivity contribution is -0.114. The highest BCUT2D eigenvalue weighted by Gasteiger charge is 2.05. The first kappa shape index (κ1) is 14.0. The maximum Gasteiger partial charge on any atom is 0.337 e. The van der Waals surface area contributed by atoms with Crippen molar-refractivity contribution in [3.05, 3.63) is 65.3 Å². The Morgan fingerprint density at radius 1 is 1.30 bits per heavy atom. The number of carbonyl (C=O) groups excluding carboxylic acids is 2. The average molecular weight is 268 g/mol. The van der Waals surface area contributed by atoms with Crippen molar-refractivity contribution < 1.29 is 14.3 Å². The molecule has 0 amide bonds. The van der Waals surface area contributed by atoms with Crippen molar-refractivity contribution in [2.24, 2.45) is 0 Å². The molecule has 0 bridgehead atoms. The number of hydrogen-bond donors (Lipinski definition) is 0. The van der Waals surface area contributed by atoms with Crippen LogP contribution in [-0.4, -0.2) is 18.9 Å². The minimum absolute atomic E-state index is 0.151. The van der Waals surface area contributed by atoms with Crippen molar-refractivity contribution in [3.63, 3.8) is 0 Å². The van der Waals surface area contributed by atoms with Gasteiger partial charge in [0.15, 0.2) is 5.78 Å². The topological polar surface area (TPSA) is 43.4 Å². The molecule has 1 aliphatic rings. The van der Waals surface area contributed by atoms with Crippen LogP contribution in [-0.2, 0) is 9.53 Å². The predicted octanol–water partition coefficient (Wildman–Crippen LogP) is 3.33. The Morgan fingerprint density at radius 2 is 2.05 bits per heavy atom. The van der Waals surface area contributed by atoms with Crippen molar-refractivity contribution in [2.75, 3.05) is 7.11 Å². The van der Waals surface area contributed by atoms with Gasteiger partial charge < -0.3 is 4.74 Å². The lowest BCUT2D eigenvalue weighted by Crippen LogP contribution is -2.00. The van der Waals surface area contributed by atoms with E-state index < -0.39 is 0 Å². The summed E-state index contributed by atoms with van der Waals surface area (Å²) in [6.45, 7) is 0. The molecule has 0 spiro atoms. The fourth-order valence-corrected chi connectivity index (χ4v) is 1.97. The second kappa shape index (κ2) is 6.66. The van der Waals surface area contributed by atoms with E-state index in [1.807, 2.05) is 30.4 Å². The van der Waals surface area contributed by atoms with Gasteiger partial charge in [-0.2, -0.15) is 0 Å². The summed E-state index contributed by atoms with van der Waals surface area (Å²) in [4.78, 5) is 22.5. The average Bonchev–Trinajstić information content (AvgIpc) is 2.47. The predicted molar refractivity (Wildman–Crippen MR) is 78.3 cm³/mol. The molecule has 0 atom stereocenters. The van der Waals surface area contributed by atoms with Crippen molar-refractivity contribution in [1.29, 1.82) is 0 Å². The van der Waals surface area contributed by atoms with Gasteiger partial charge in [0.1, 0.15) is 0 Å². The molecule has 0 fully saturated rings. The number of rotatable bonds is 4. The molecule has 3 heteroatoms. The molecule has 0 saturated carbocycles. The Kier molecular flexibility index (Phi) is 4.66. The molecule has 0 N–H and O–H groups in total. The van der Waals surface area contributed by atoms with Crippen LogP contribution in [0.15, 0.2) is 54.1 Å². The highest BCUT2D eigenvalue weighted by molar-refractivity contribution is 5.93. The quantitative estimate of drug-likeness (QED) is 0.787. The third-order valence-corrected chi connectivity index (χ3v) is 3.04. The molecule has 20 heavy (non-hydrogen) atoms. The van der Waals surface area contributed by atoms with Gasteiger partial charge in [0.25, 0.3) is 0 Å². The molecule has 0 heterocycles. The normalized spacial score (nSPS) is 14.4. The Morgan fingerprint density at radius 3 is 2.70 bits per heavy atom. The maximum atomic E-state index is 11.3. The van der Waals surface area contributed by atoms with Crippen LogP contribution in [0.2, 0.25) is 0 Å². The summed E-state index contributed by atoms with van der Waals surface area (Å²) in [6, 6.07) is 7.20. The van der Waals surface area contributed by atoms with Gasteiger partial charge in [0.2, 0.25) is 0 Å². The molecule has 0 unspecified atom stereocenters. The number of benzene rings is 1. The largest absolute Gasteiger partial charge is 0.465 e. The Hall–Kier alpha value is -2.42. The Balaban J connectivity index is 1.95. The smallest absolute Gasteiger partial charge is 0.337 e. The molecular formula is C17H16O3. The van der Waals surface area contributed by atoms with Gasteiger partial charge in [-0.05, 0) is 30.2 Å². The standard InChI is InChI=1S/C17H16O3/c1-20-17(19)15-10-8-13(9-11-15)4-2-5-14-6-3-7-16(18)12-14/h2-4,6-11H,5,12H2,1H3. The minimum atomic E-state index is -0.335. The number of ketones is 1. The zero-order valence-corrected chi connectivity index (χ0v) is 11.3. The van der Waals surface area contributed by atoms with Crippen LogP contribution in [0, 0.1) is 0 Å². The van der Waals surface area contributed by atoms with Crippen LogP contribution in [0.5, 0.6) is 0 Å². The van der Waals surface area contributed by atoms with E-state index in [4.69, 9.17) is 0 Å². The van der Waals surface area contributed by atoms with Gasteiger partial charge in [0, 0.05) is 6.42 Å². The Bertz CT molecular complexity index is 589. The van der Waals surface area contributed by atoms with Crippen molar-refractivity contribution >= 4 is 17.8 Å². The molecule has 3 nitrogen and oxygen atoms in total. The maximum absolute atomic E-state index is 11.3. The molecule has 1 aromatic rings. The molecule has 0 saturated heterocycles. The first-order chi connectivity index (χ1) is 9.69. The third kappa shape index (κ3) is 3.79. The van der Waals surface area contributed by atoms with Gasteiger partial charge in [-0.15, -0.1) is 0 Å². The van der Waals surface area contributed by atoms with E-state index >= 15 is 0 Å². The molecule has 0 aromatic heterocycles. The lowest BCUT2D eigenvalue weighted by atomic mass is 10.0. The lowest BCUT2D eigenvalue weighted by Gasteiger charge is -2.04. The number of carbonyl (C=O) groups is 2. The fourth-order valence-electron chi connectivity index (χ4n) is 1.97. The minimum Gasteiger partial charge on any atom is -0.465 e. The fraction of sp³-hybridized carbons (Fsp3) is 0.176. The summed E-state index contributed by atoms with van der Waals surface area (Å²) in [5.74, 6) is -0.184. The van der Waals surface area contributed by atoms with Crippen LogP contribution in [0.1, 0.15) is 28.8 Å². The van der Waals surface area contributed by atoms with Crippen LogP contribution in [0.25, 0.3) is 6.08 Å². The number of ether oxygens (including phenoxy) is 1. The number of allylic oxidation sites excluding steroid dienone is 5. The summed E-state index contributed by atoms with van der Waals surface area (Å²) in [6.07, 6.45) is 10.6. The van der Waals surface area contributed by atoms with Gasteiger partial charge in [-0.1, -0.05) is 42.0 Å². The Labute approximate surface area is 118 Å². The second-order valence-corrected chi connectivity index (χ2v) is 4.55. The van der Waals surface area contributed by atoms with Crippen LogP contribution >= 0.6 is 0 Å². The van der Waals surface area contributed by atoms with E-state index in [1.165, 1.54) is 7.11 Å². The van der Waals surface area contributed by atoms with E-state index in [2.05, 4.69) is 4.74 Å². The van der Waals surface area contributed by atoms with Crippen LogP contribution in [0.4, 0.5) is 0 Å². The molecule has 0 aliphatic heterocycles. The van der Waals surface area contributed by atoms with Crippen LogP contribution < -0.4 is 0 Å². The number of esters is 1. The molecule has 1 aromatic carbocycles. The third-order valence-electron chi connectivity index (χ3n) is 3.04. The van der Waals surface area contributed by atoms with E-state index in [1.54, 1.807) is 24.3 Å². The van der Waals surface area contributed by atoms with Crippen molar-refractivity contribution in [2.45, 2.75) is 12.8 Å². The summed E-state index contributed by atoms with van der Waals surface area (Å²) >= 11 is 0. The summed E-state index contributed by atoms with van der Waals surface area (Å²) in [5, 5.41) is 0. The molecule has 102 valence electrons. The highest BCUT2D eigenvalue weighted by atomic mass is 16.5. The van der Waals surface area contributed by atoms with E-state index in [0.717, 1.165) is 17.6 Å². The number of methoxy groups -OCH3 is 1. The summed E-state index contributed by atoms with van der Waals surface area (Å²) < 4.78 is 4.64. The molecule has 2 rings (SSSR count). The highest BCUT2D eigenvalue weighted by Crippen LogP contribution is 2.15. The molecule has 1 aliphatic carbocycles.